The maximum Gasteiger partial charge on any atom is 0.263 e. The third kappa shape index (κ3) is 2.60. The lowest BCUT2D eigenvalue weighted by Gasteiger charge is -2.18. The summed E-state index contributed by atoms with van der Waals surface area (Å²) in [6.45, 7) is 0.879. The molecule has 0 bridgehead atoms. The van der Waals surface area contributed by atoms with Gasteiger partial charge in [-0.1, -0.05) is 12.1 Å². The normalized spacial score (nSPS) is 14.2. The van der Waals surface area contributed by atoms with Crippen molar-refractivity contribution < 1.29 is 8.42 Å². The van der Waals surface area contributed by atoms with E-state index in [1.807, 2.05) is 6.07 Å². The fraction of sp³-hybridized carbons (Fsp3) is 0.214. The Morgan fingerprint density at radius 2 is 2.10 bits per heavy atom. The van der Waals surface area contributed by atoms with Gasteiger partial charge in [-0.25, -0.2) is 13.4 Å². The molecule has 1 aromatic carbocycles. The molecule has 1 aromatic heterocycles. The summed E-state index contributed by atoms with van der Waals surface area (Å²) in [5.74, 6) is 0.318. The molecule has 0 saturated heterocycles. The zero-order valence-electron chi connectivity index (χ0n) is 10.8. The lowest BCUT2D eigenvalue weighted by Crippen LogP contribution is -2.16. The zero-order chi connectivity index (χ0) is 14.0. The van der Waals surface area contributed by atoms with Crippen LogP contribution < -0.4 is 10.0 Å². The topological polar surface area (TPSA) is 71.1 Å². The average molecular weight is 289 g/mol. The molecule has 3 rings (SSSR count). The fourth-order valence-electron chi connectivity index (χ4n) is 2.23. The lowest BCUT2D eigenvalue weighted by atomic mass is 10.0. The summed E-state index contributed by atoms with van der Waals surface area (Å²) >= 11 is 0. The number of rotatable bonds is 3. The van der Waals surface area contributed by atoms with E-state index in [-0.39, 0.29) is 4.90 Å². The maximum atomic E-state index is 12.3. The average Bonchev–Trinajstić information content (AvgIpc) is 2.47. The van der Waals surface area contributed by atoms with Crippen molar-refractivity contribution in [2.75, 3.05) is 16.6 Å². The molecule has 5 nitrogen and oxygen atoms in total. The maximum absolute atomic E-state index is 12.3. The Kier molecular flexibility index (Phi) is 3.31. The van der Waals surface area contributed by atoms with Crippen molar-refractivity contribution in [2.24, 2.45) is 0 Å². The van der Waals surface area contributed by atoms with Crippen molar-refractivity contribution >= 4 is 21.5 Å². The van der Waals surface area contributed by atoms with E-state index in [0.29, 0.717) is 5.82 Å². The smallest absolute Gasteiger partial charge is 0.263 e. The molecule has 0 aliphatic carbocycles. The van der Waals surface area contributed by atoms with Gasteiger partial charge >= 0.3 is 0 Å². The van der Waals surface area contributed by atoms with E-state index >= 15 is 0 Å². The van der Waals surface area contributed by atoms with Crippen LogP contribution in [0.3, 0.4) is 0 Å². The highest BCUT2D eigenvalue weighted by Gasteiger charge is 2.17. The molecule has 0 saturated carbocycles. The van der Waals surface area contributed by atoms with Gasteiger partial charge in [0.1, 0.15) is 5.82 Å². The number of nitrogens with zero attached hydrogens (tertiary/aromatic N) is 1. The Morgan fingerprint density at radius 3 is 2.90 bits per heavy atom. The predicted molar refractivity (Wildman–Crippen MR) is 78.3 cm³/mol. The van der Waals surface area contributed by atoms with Gasteiger partial charge in [0.15, 0.2) is 0 Å². The third-order valence-corrected chi connectivity index (χ3v) is 4.59. The Hall–Kier alpha value is -2.08. The van der Waals surface area contributed by atoms with Gasteiger partial charge < -0.3 is 5.32 Å². The van der Waals surface area contributed by atoms with E-state index < -0.39 is 10.0 Å². The number of pyridine rings is 1. The summed E-state index contributed by atoms with van der Waals surface area (Å²) in [7, 11) is -3.60. The highest BCUT2D eigenvalue weighted by molar-refractivity contribution is 7.92. The van der Waals surface area contributed by atoms with Gasteiger partial charge in [-0.2, -0.15) is 0 Å². The van der Waals surface area contributed by atoms with Crippen LogP contribution in [0.1, 0.15) is 12.0 Å². The van der Waals surface area contributed by atoms with Gasteiger partial charge in [0.2, 0.25) is 0 Å². The second-order valence-electron chi connectivity index (χ2n) is 4.67. The van der Waals surface area contributed by atoms with Crippen LogP contribution in [0.25, 0.3) is 0 Å². The molecule has 0 fully saturated rings. The molecule has 20 heavy (non-hydrogen) atoms. The molecule has 0 amide bonds. The minimum atomic E-state index is -3.60. The zero-order valence-corrected chi connectivity index (χ0v) is 11.7. The number of aryl methyl sites for hydroxylation is 1. The molecular weight excluding hydrogens is 274 g/mol. The number of anilines is 2. The summed E-state index contributed by atoms with van der Waals surface area (Å²) in [6, 6.07) is 10.3. The molecule has 1 aliphatic heterocycles. The molecular formula is C14H15N3O2S. The van der Waals surface area contributed by atoms with E-state index in [9.17, 15) is 8.42 Å². The van der Waals surface area contributed by atoms with Crippen LogP contribution in [0.15, 0.2) is 47.5 Å². The van der Waals surface area contributed by atoms with Gasteiger partial charge in [0.05, 0.1) is 4.90 Å². The summed E-state index contributed by atoms with van der Waals surface area (Å²) in [5, 5.41) is 3.23. The standard InChI is InChI=1S/C14H15N3O2S/c18-20(19,17-14-5-1-2-8-16-14)12-7-6-11-4-3-9-15-13(11)10-12/h1-2,5-8,10,15H,3-4,9H2,(H,16,17). The van der Waals surface area contributed by atoms with E-state index in [2.05, 4.69) is 15.0 Å². The SMILES string of the molecule is O=S(=O)(Nc1ccccn1)c1ccc2c(c1)NCCC2. The Bertz CT molecular complexity index is 714. The van der Waals surface area contributed by atoms with Crippen molar-refractivity contribution in [1.29, 1.82) is 0 Å². The van der Waals surface area contributed by atoms with Crippen LogP contribution >= 0.6 is 0 Å². The summed E-state index contributed by atoms with van der Waals surface area (Å²) in [6.07, 6.45) is 3.61. The molecule has 6 heteroatoms. The number of hydrogen-bond donors (Lipinski definition) is 2. The lowest BCUT2D eigenvalue weighted by molar-refractivity contribution is 0.601. The fourth-order valence-corrected chi connectivity index (χ4v) is 3.26. The van der Waals surface area contributed by atoms with Crippen LogP contribution in [0.5, 0.6) is 0 Å². The van der Waals surface area contributed by atoms with Gasteiger partial charge in [-0.15, -0.1) is 0 Å². The van der Waals surface area contributed by atoms with Crippen molar-refractivity contribution in [3.63, 3.8) is 0 Å². The number of sulfonamides is 1. The molecule has 2 aromatic rings. The number of hydrogen-bond acceptors (Lipinski definition) is 4. The molecule has 0 unspecified atom stereocenters. The Morgan fingerprint density at radius 1 is 1.20 bits per heavy atom. The molecule has 1 aliphatic rings. The summed E-state index contributed by atoms with van der Waals surface area (Å²) in [5.41, 5.74) is 2.06. The minimum absolute atomic E-state index is 0.247. The predicted octanol–water partition coefficient (Wildman–Crippen LogP) is 2.24. The van der Waals surface area contributed by atoms with Gasteiger partial charge in [0.25, 0.3) is 10.0 Å². The van der Waals surface area contributed by atoms with E-state index in [0.717, 1.165) is 30.6 Å². The molecule has 0 spiro atoms. The van der Waals surface area contributed by atoms with Crippen LogP contribution in [0.4, 0.5) is 11.5 Å². The van der Waals surface area contributed by atoms with Crippen molar-refractivity contribution in [1.82, 2.24) is 4.98 Å². The first-order valence-electron chi connectivity index (χ1n) is 6.46. The first-order chi connectivity index (χ1) is 9.65. The van der Waals surface area contributed by atoms with E-state index in [1.54, 1.807) is 36.5 Å². The first kappa shape index (κ1) is 12.9. The third-order valence-electron chi connectivity index (χ3n) is 3.23. The first-order valence-corrected chi connectivity index (χ1v) is 7.94. The van der Waals surface area contributed by atoms with Crippen molar-refractivity contribution in [2.45, 2.75) is 17.7 Å². The largest absolute Gasteiger partial charge is 0.385 e. The number of aromatic nitrogens is 1. The number of fused-ring (bicyclic) bond motifs is 1. The van der Waals surface area contributed by atoms with Crippen molar-refractivity contribution in [3.8, 4) is 0 Å². The summed E-state index contributed by atoms with van der Waals surface area (Å²) < 4.78 is 27.1. The van der Waals surface area contributed by atoms with Gasteiger partial charge in [-0.05, 0) is 42.7 Å². The van der Waals surface area contributed by atoms with Crippen LogP contribution in [-0.4, -0.2) is 19.9 Å². The second-order valence-corrected chi connectivity index (χ2v) is 6.35. The number of benzene rings is 1. The minimum Gasteiger partial charge on any atom is -0.385 e. The van der Waals surface area contributed by atoms with Gasteiger partial charge in [0, 0.05) is 18.4 Å². The monoisotopic (exact) mass is 289 g/mol. The quantitative estimate of drug-likeness (QED) is 0.909. The van der Waals surface area contributed by atoms with Crippen LogP contribution in [0.2, 0.25) is 0 Å². The van der Waals surface area contributed by atoms with Crippen LogP contribution in [-0.2, 0) is 16.4 Å². The van der Waals surface area contributed by atoms with Crippen LogP contribution in [0, 0.1) is 0 Å². The number of nitrogens with one attached hydrogen (secondary N) is 2. The second kappa shape index (κ2) is 5.13. The highest BCUT2D eigenvalue weighted by atomic mass is 32.2. The Labute approximate surface area is 118 Å². The highest BCUT2D eigenvalue weighted by Crippen LogP contribution is 2.25. The molecule has 104 valence electrons. The van der Waals surface area contributed by atoms with Gasteiger partial charge in [-0.3, -0.25) is 4.72 Å². The van der Waals surface area contributed by atoms with E-state index in [1.165, 1.54) is 0 Å². The molecule has 0 atom stereocenters. The Balaban J connectivity index is 1.91. The molecule has 0 radical (unpaired) electrons. The molecule has 2 heterocycles. The van der Waals surface area contributed by atoms with E-state index in [4.69, 9.17) is 0 Å². The summed E-state index contributed by atoms with van der Waals surface area (Å²) in [4.78, 5) is 4.22. The molecule has 2 N–H and O–H groups in total. The van der Waals surface area contributed by atoms with Crippen molar-refractivity contribution in [3.05, 3.63) is 48.2 Å².